The van der Waals surface area contributed by atoms with Crippen molar-refractivity contribution < 1.29 is 4.42 Å². The Bertz CT molecular complexity index is 3860. The second-order valence-electron chi connectivity index (χ2n) is 15.3. The van der Waals surface area contributed by atoms with Gasteiger partial charge < -0.3 is 18.0 Å². The minimum absolute atomic E-state index is 0.839. The van der Waals surface area contributed by atoms with E-state index in [1.807, 2.05) is 12.1 Å². The lowest BCUT2D eigenvalue weighted by Gasteiger charge is -2.10. The monoisotopic (exact) mass is 739 g/mol. The van der Waals surface area contributed by atoms with Crippen LogP contribution >= 0.6 is 0 Å². The Hall–Kier alpha value is -7.82. The minimum atomic E-state index is 0.839. The smallest absolute Gasteiger partial charge is 0.151 e. The van der Waals surface area contributed by atoms with Gasteiger partial charge in [-0.1, -0.05) is 115 Å². The topological polar surface area (TPSA) is 27.4 Å². The molecule has 58 heavy (non-hydrogen) atoms. The molecule has 0 aliphatic carbocycles. The molecule has 0 spiro atoms. The van der Waals surface area contributed by atoms with E-state index in [0.717, 1.165) is 38.7 Å². The predicted molar refractivity (Wildman–Crippen MR) is 243 cm³/mol. The molecule has 0 unspecified atom stereocenters. The summed E-state index contributed by atoms with van der Waals surface area (Å²) in [5.74, 6) is 0. The highest BCUT2D eigenvalue weighted by molar-refractivity contribution is 6.20. The van der Waals surface area contributed by atoms with Gasteiger partial charge in [-0.05, 0) is 96.1 Å². The summed E-state index contributed by atoms with van der Waals surface area (Å²) in [6.07, 6.45) is 0. The van der Waals surface area contributed by atoms with Crippen molar-refractivity contribution in [3.05, 3.63) is 200 Å². The van der Waals surface area contributed by atoms with Crippen LogP contribution in [-0.2, 0) is 0 Å². The van der Waals surface area contributed by atoms with Crippen LogP contribution in [0.5, 0.6) is 0 Å². The van der Waals surface area contributed by atoms with Crippen LogP contribution in [0.25, 0.3) is 115 Å². The van der Waals surface area contributed by atoms with Crippen LogP contribution in [0.3, 0.4) is 0 Å². The quantitative estimate of drug-likeness (QED) is 0.177. The molecule has 0 radical (unpaired) electrons. The van der Waals surface area contributed by atoms with Crippen molar-refractivity contribution >= 4 is 92.9 Å². The zero-order valence-electron chi connectivity index (χ0n) is 31.3. The molecule has 270 valence electrons. The fourth-order valence-electron chi connectivity index (χ4n) is 9.73. The van der Waals surface area contributed by atoms with Gasteiger partial charge in [0, 0.05) is 54.5 Å². The van der Waals surface area contributed by atoms with E-state index in [2.05, 4.69) is 202 Å². The third kappa shape index (κ3) is 4.34. The lowest BCUT2D eigenvalue weighted by molar-refractivity contribution is 0.661. The van der Waals surface area contributed by atoms with E-state index in [4.69, 9.17) is 4.42 Å². The summed E-state index contributed by atoms with van der Waals surface area (Å²) in [6, 6.07) is 72.5. The highest BCUT2D eigenvalue weighted by atomic mass is 16.3. The third-order valence-electron chi connectivity index (χ3n) is 12.2. The van der Waals surface area contributed by atoms with E-state index < -0.39 is 0 Å². The van der Waals surface area contributed by atoms with Gasteiger partial charge in [-0.15, -0.1) is 0 Å². The van der Waals surface area contributed by atoms with Crippen molar-refractivity contribution in [2.75, 3.05) is 0 Å². The first kappa shape index (κ1) is 31.4. The predicted octanol–water partition coefficient (Wildman–Crippen LogP) is 14.6. The Labute approximate surface area is 332 Å². The average molecular weight is 740 g/mol. The first-order chi connectivity index (χ1) is 28.8. The Morgan fingerprint density at radius 2 is 0.759 bits per heavy atom. The number of fused-ring (bicyclic) bond motifs is 13. The zero-order chi connectivity index (χ0) is 37.9. The van der Waals surface area contributed by atoms with Crippen molar-refractivity contribution in [2.24, 2.45) is 0 Å². The van der Waals surface area contributed by atoms with Crippen LogP contribution in [-0.4, -0.2) is 13.5 Å². The lowest BCUT2D eigenvalue weighted by Crippen LogP contribution is -1.94. The number of rotatable bonds is 3. The number of nitrogens with zero attached hydrogens (tertiary/aromatic N) is 3. The van der Waals surface area contributed by atoms with E-state index in [1.165, 1.54) is 76.7 Å². The van der Waals surface area contributed by atoms with Gasteiger partial charge in [0.15, 0.2) is 5.58 Å². The van der Waals surface area contributed by atoms with Crippen molar-refractivity contribution in [2.45, 2.75) is 0 Å². The Balaban J connectivity index is 1.04. The average Bonchev–Trinajstić information content (AvgIpc) is 3.91. The number of hydrogen-bond donors (Lipinski definition) is 0. The Morgan fingerprint density at radius 3 is 1.45 bits per heavy atom. The van der Waals surface area contributed by atoms with Crippen LogP contribution < -0.4 is 0 Å². The van der Waals surface area contributed by atoms with Gasteiger partial charge in [0.2, 0.25) is 0 Å². The summed E-state index contributed by atoms with van der Waals surface area (Å²) >= 11 is 0. The van der Waals surface area contributed by atoms with Gasteiger partial charge in [0.05, 0.1) is 38.6 Å². The molecule has 0 saturated carbocycles. The minimum Gasteiger partial charge on any atom is -0.455 e. The van der Waals surface area contributed by atoms with Crippen molar-refractivity contribution in [1.82, 2.24) is 13.5 Å². The molecule has 0 atom stereocenters. The van der Waals surface area contributed by atoms with E-state index in [-0.39, 0.29) is 0 Å². The second kappa shape index (κ2) is 11.8. The van der Waals surface area contributed by atoms with Crippen LogP contribution in [0.4, 0.5) is 0 Å². The fraction of sp³-hybridized carbons (Fsp3) is 0. The van der Waals surface area contributed by atoms with Gasteiger partial charge in [-0.25, -0.2) is 0 Å². The maximum Gasteiger partial charge on any atom is 0.151 e. The molecule has 0 bridgehead atoms. The molecule has 4 nitrogen and oxygen atoms in total. The summed E-state index contributed by atoms with van der Waals surface area (Å²) in [6.45, 7) is 0. The van der Waals surface area contributed by atoms with Gasteiger partial charge in [-0.2, -0.15) is 0 Å². The van der Waals surface area contributed by atoms with Crippen molar-refractivity contribution in [1.29, 1.82) is 0 Å². The van der Waals surface area contributed by atoms with Crippen LogP contribution in [0, 0.1) is 0 Å². The molecule has 4 heterocycles. The third-order valence-corrected chi connectivity index (χ3v) is 12.2. The molecule has 0 aliphatic rings. The second-order valence-corrected chi connectivity index (χ2v) is 15.3. The van der Waals surface area contributed by atoms with Gasteiger partial charge >= 0.3 is 0 Å². The maximum atomic E-state index is 6.64. The molecule has 0 fully saturated rings. The fourth-order valence-corrected chi connectivity index (χ4v) is 9.73. The molecule has 13 aromatic rings. The summed E-state index contributed by atoms with van der Waals surface area (Å²) < 4.78 is 13.8. The molecule has 13 rings (SSSR count). The molecule has 0 N–H and O–H groups in total. The standard InChI is InChI=1S/C54H33N3O/c1-2-13-36(14-3-1)55-46-20-7-4-15-38(46)43-31-34(25-28-48(43)55)35-26-29-49-44(32-35)39-16-5-8-21-47(39)56(49)37-27-30-50-45(33-37)42-19-12-18-41-40-17-6-10-23-52(40)58-53-24-11-9-22-51(53)57(50)54(41)42/h1-33H. The molecule has 4 aromatic heterocycles. The van der Waals surface area contributed by atoms with Gasteiger partial charge in [0.1, 0.15) is 5.58 Å². The first-order valence-electron chi connectivity index (χ1n) is 19.8. The van der Waals surface area contributed by atoms with Crippen LogP contribution in [0.15, 0.2) is 205 Å². The van der Waals surface area contributed by atoms with Crippen LogP contribution in [0.2, 0.25) is 0 Å². The summed E-state index contributed by atoms with van der Waals surface area (Å²) in [5, 5.41) is 9.65. The highest BCUT2D eigenvalue weighted by Gasteiger charge is 2.19. The van der Waals surface area contributed by atoms with E-state index in [0.29, 0.717) is 0 Å². The lowest BCUT2D eigenvalue weighted by atomic mass is 10.0. The highest BCUT2D eigenvalue weighted by Crippen LogP contribution is 2.41. The molecule has 0 aliphatic heterocycles. The van der Waals surface area contributed by atoms with Crippen LogP contribution in [0.1, 0.15) is 0 Å². The molecule has 4 heteroatoms. The normalized spacial score (nSPS) is 12.1. The Kier molecular flexibility index (Phi) is 6.41. The Morgan fingerprint density at radius 1 is 0.276 bits per heavy atom. The van der Waals surface area contributed by atoms with Crippen molar-refractivity contribution in [3.63, 3.8) is 0 Å². The van der Waals surface area contributed by atoms with E-state index in [1.54, 1.807) is 0 Å². The number of aromatic nitrogens is 3. The summed E-state index contributed by atoms with van der Waals surface area (Å²) in [4.78, 5) is 0. The zero-order valence-corrected chi connectivity index (χ0v) is 31.3. The van der Waals surface area contributed by atoms with Crippen molar-refractivity contribution in [3.8, 4) is 22.5 Å². The van der Waals surface area contributed by atoms with E-state index >= 15 is 0 Å². The number of benzene rings is 9. The van der Waals surface area contributed by atoms with Gasteiger partial charge in [0.25, 0.3) is 0 Å². The number of hydrogen-bond acceptors (Lipinski definition) is 1. The summed E-state index contributed by atoms with van der Waals surface area (Å²) in [7, 11) is 0. The molecule has 0 saturated heterocycles. The molecular weight excluding hydrogens is 707 g/mol. The van der Waals surface area contributed by atoms with E-state index in [9.17, 15) is 0 Å². The van der Waals surface area contributed by atoms with Gasteiger partial charge in [-0.3, -0.25) is 0 Å². The summed E-state index contributed by atoms with van der Waals surface area (Å²) in [5.41, 5.74) is 14.6. The molecular formula is C54H33N3O. The first-order valence-corrected chi connectivity index (χ1v) is 19.8. The largest absolute Gasteiger partial charge is 0.455 e. The molecule has 0 amide bonds. The molecule has 9 aromatic carbocycles. The number of para-hydroxylation sites is 7. The SMILES string of the molecule is c1ccc(-n2c3ccccc3c3cc(-c4ccc5c(c4)c4ccccc4n5-c4ccc5c(c4)c4cccc6c7ccccc7oc7ccccc7n5c64)ccc32)cc1. The maximum absolute atomic E-state index is 6.64.